The van der Waals surface area contributed by atoms with Crippen molar-refractivity contribution in [3.63, 3.8) is 0 Å². The highest BCUT2D eigenvalue weighted by Gasteiger charge is 2.16. The smallest absolute Gasteiger partial charge is 0.339 e. The molecule has 2 aromatic rings. The third-order valence-electron chi connectivity index (χ3n) is 2.94. The van der Waals surface area contributed by atoms with Crippen LogP contribution in [0.3, 0.4) is 0 Å². The van der Waals surface area contributed by atoms with Gasteiger partial charge in [-0.05, 0) is 46.5 Å². The van der Waals surface area contributed by atoms with E-state index in [0.29, 0.717) is 21.9 Å². The first-order valence-corrected chi connectivity index (χ1v) is 7.64. The summed E-state index contributed by atoms with van der Waals surface area (Å²) in [6.07, 6.45) is 1.69. The van der Waals surface area contributed by atoms with Gasteiger partial charge < -0.3 is 9.84 Å². The molecule has 0 aromatic heterocycles. The number of ether oxygens (including phenoxy) is 1. The van der Waals surface area contributed by atoms with Crippen molar-refractivity contribution >= 4 is 33.5 Å². The fourth-order valence-electron chi connectivity index (χ4n) is 1.96. The Labute approximate surface area is 136 Å². The van der Waals surface area contributed by atoms with Gasteiger partial charge in [-0.25, -0.2) is 4.79 Å². The van der Waals surface area contributed by atoms with E-state index in [2.05, 4.69) is 28.1 Å². The summed E-state index contributed by atoms with van der Waals surface area (Å²) in [5, 5.41) is 9.55. The van der Waals surface area contributed by atoms with E-state index in [-0.39, 0.29) is 5.56 Å². The lowest BCUT2D eigenvalue weighted by Crippen LogP contribution is -2.06. The topological polar surface area (TPSA) is 46.5 Å². The van der Waals surface area contributed by atoms with Crippen molar-refractivity contribution in [2.45, 2.75) is 12.8 Å². The van der Waals surface area contributed by atoms with Crippen molar-refractivity contribution in [1.29, 1.82) is 0 Å². The maximum absolute atomic E-state index is 11.2. The number of halogens is 2. The first-order chi connectivity index (χ1) is 10.1. The predicted molar refractivity (Wildman–Crippen MR) is 86.4 cm³/mol. The molecule has 0 amide bonds. The lowest BCUT2D eigenvalue weighted by molar-refractivity contribution is 0.0692. The molecule has 21 heavy (non-hydrogen) atoms. The highest BCUT2D eigenvalue weighted by molar-refractivity contribution is 9.10. The first kappa shape index (κ1) is 15.9. The van der Waals surface area contributed by atoms with Gasteiger partial charge in [-0.1, -0.05) is 41.9 Å². The molecule has 110 valence electrons. The van der Waals surface area contributed by atoms with Gasteiger partial charge in [-0.15, -0.1) is 0 Å². The summed E-state index contributed by atoms with van der Waals surface area (Å²) in [4.78, 5) is 11.2. The predicted octanol–water partition coefficient (Wildman–Crippen LogP) is 4.81. The van der Waals surface area contributed by atoms with Gasteiger partial charge in [0.1, 0.15) is 11.3 Å². The Morgan fingerprint density at radius 3 is 2.62 bits per heavy atom. The molecule has 0 aliphatic carbocycles. The van der Waals surface area contributed by atoms with Crippen molar-refractivity contribution in [2.75, 3.05) is 6.61 Å². The lowest BCUT2D eigenvalue weighted by Gasteiger charge is -2.11. The molecular formula is C16H14BrClO3. The maximum atomic E-state index is 11.2. The molecule has 0 atom stereocenters. The van der Waals surface area contributed by atoms with Gasteiger partial charge in [-0.2, -0.15) is 0 Å². The molecule has 0 aliphatic heterocycles. The average Bonchev–Trinajstić information content (AvgIpc) is 2.45. The molecule has 5 heteroatoms. The van der Waals surface area contributed by atoms with E-state index < -0.39 is 5.97 Å². The van der Waals surface area contributed by atoms with Gasteiger partial charge in [0.05, 0.1) is 11.1 Å². The molecule has 0 fully saturated rings. The first-order valence-electron chi connectivity index (χ1n) is 6.47. The quantitative estimate of drug-likeness (QED) is 0.743. The number of hydrogen-bond acceptors (Lipinski definition) is 2. The van der Waals surface area contributed by atoms with Crippen LogP contribution in [-0.2, 0) is 6.42 Å². The number of aromatic carboxylic acids is 1. The van der Waals surface area contributed by atoms with E-state index in [4.69, 9.17) is 16.3 Å². The third-order valence-corrected chi connectivity index (χ3v) is 3.75. The number of carboxylic acid groups (broad SMARTS) is 1. The molecule has 0 spiro atoms. The van der Waals surface area contributed by atoms with E-state index in [0.717, 1.165) is 12.8 Å². The van der Waals surface area contributed by atoms with Gasteiger partial charge in [-0.3, -0.25) is 0 Å². The number of aryl methyl sites for hydroxylation is 1. The van der Waals surface area contributed by atoms with E-state index in [1.165, 1.54) is 11.6 Å². The highest BCUT2D eigenvalue weighted by Crippen LogP contribution is 2.33. The number of hydrogen-bond donors (Lipinski definition) is 1. The van der Waals surface area contributed by atoms with Crippen LogP contribution in [-0.4, -0.2) is 17.7 Å². The van der Waals surface area contributed by atoms with Crippen LogP contribution in [0.15, 0.2) is 46.9 Å². The standard InChI is InChI=1S/C16H14BrClO3/c17-14-10-12(18)9-13(16(19)20)15(14)21-8-4-7-11-5-2-1-3-6-11/h1-3,5-6,9-10H,4,7-8H2,(H,19,20). The fourth-order valence-corrected chi connectivity index (χ4v) is 2.89. The summed E-state index contributed by atoms with van der Waals surface area (Å²) in [5.41, 5.74) is 1.30. The number of benzene rings is 2. The molecule has 0 bridgehead atoms. The second-order valence-electron chi connectivity index (χ2n) is 4.51. The molecular weight excluding hydrogens is 356 g/mol. The SMILES string of the molecule is O=C(O)c1cc(Cl)cc(Br)c1OCCCc1ccccc1. The molecule has 0 heterocycles. The average molecular weight is 370 g/mol. The zero-order valence-electron chi connectivity index (χ0n) is 11.2. The van der Waals surface area contributed by atoms with Crippen LogP contribution < -0.4 is 4.74 Å². The van der Waals surface area contributed by atoms with Crippen LogP contribution in [0, 0.1) is 0 Å². The van der Waals surface area contributed by atoms with Crippen LogP contribution in [0.2, 0.25) is 5.02 Å². The molecule has 0 saturated heterocycles. The van der Waals surface area contributed by atoms with Gasteiger partial charge in [0.15, 0.2) is 0 Å². The molecule has 0 aliphatic rings. The van der Waals surface area contributed by atoms with Gasteiger partial charge in [0.25, 0.3) is 0 Å². The van der Waals surface area contributed by atoms with Crippen LogP contribution in [0.25, 0.3) is 0 Å². The Balaban J connectivity index is 1.98. The maximum Gasteiger partial charge on any atom is 0.339 e. The van der Waals surface area contributed by atoms with Crippen LogP contribution in [0.5, 0.6) is 5.75 Å². The minimum absolute atomic E-state index is 0.0640. The van der Waals surface area contributed by atoms with Gasteiger partial charge >= 0.3 is 5.97 Å². The van der Waals surface area contributed by atoms with E-state index in [9.17, 15) is 9.90 Å². The Kier molecular flexibility index (Phi) is 5.65. The van der Waals surface area contributed by atoms with E-state index >= 15 is 0 Å². The van der Waals surface area contributed by atoms with Crippen molar-refractivity contribution in [2.24, 2.45) is 0 Å². The van der Waals surface area contributed by atoms with Crippen molar-refractivity contribution in [3.8, 4) is 5.75 Å². The largest absolute Gasteiger partial charge is 0.491 e. The normalized spacial score (nSPS) is 10.4. The lowest BCUT2D eigenvalue weighted by atomic mass is 10.1. The summed E-state index contributed by atoms with van der Waals surface area (Å²) >= 11 is 9.15. The Morgan fingerprint density at radius 1 is 1.24 bits per heavy atom. The minimum Gasteiger partial charge on any atom is -0.491 e. The van der Waals surface area contributed by atoms with Crippen molar-refractivity contribution in [1.82, 2.24) is 0 Å². The molecule has 3 nitrogen and oxygen atoms in total. The second-order valence-corrected chi connectivity index (χ2v) is 5.80. The van der Waals surface area contributed by atoms with Crippen molar-refractivity contribution in [3.05, 3.63) is 63.1 Å². The van der Waals surface area contributed by atoms with Gasteiger partial charge in [0.2, 0.25) is 0 Å². The Morgan fingerprint density at radius 2 is 1.95 bits per heavy atom. The molecule has 2 rings (SSSR count). The van der Waals surface area contributed by atoms with E-state index in [1.54, 1.807) is 6.07 Å². The highest BCUT2D eigenvalue weighted by atomic mass is 79.9. The summed E-state index contributed by atoms with van der Waals surface area (Å²) in [6, 6.07) is 13.1. The van der Waals surface area contributed by atoms with Gasteiger partial charge in [0, 0.05) is 5.02 Å². The fraction of sp³-hybridized carbons (Fsp3) is 0.188. The van der Waals surface area contributed by atoms with Crippen LogP contribution in [0.1, 0.15) is 22.3 Å². The molecule has 2 aromatic carbocycles. The third kappa shape index (κ3) is 4.48. The number of rotatable bonds is 6. The zero-order chi connectivity index (χ0) is 15.2. The van der Waals surface area contributed by atoms with Crippen LogP contribution in [0.4, 0.5) is 0 Å². The van der Waals surface area contributed by atoms with Crippen LogP contribution >= 0.6 is 27.5 Å². The minimum atomic E-state index is -1.06. The second kappa shape index (κ2) is 7.48. The number of carbonyl (C=O) groups is 1. The molecule has 1 N–H and O–H groups in total. The molecule has 0 radical (unpaired) electrons. The number of carboxylic acids is 1. The Hall–Kier alpha value is -1.52. The molecule has 0 saturated carbocycles. The summed E-state index contributed by atoms with van der Waals surface area (Å²) < 4.78 is 6.17. The monoisotopic (exact) mass is 368 g/mol. The molecule has 0 unspecified atom stereocenters. The van der Waals surface area contributed by atoms with E-state index in [1.807, 2.05) is 18.2 Å². The Bertz CT molecular complexity index is 629. The zero-order valence-corrected chi connectivity index (χ0v) is 13.5. The summed E-state index contributed by atoms with van der Waals surface area (Å²) in [6.45, 7) is 0.440. The van der Waals surface area contributed by atoms with Crippen molar-refractivity contribution < 1.29 is 14.6 Å². The summed E-state index contributed by atoms with van der Waals surface area (Å²) in [5.74, 6) is -0.740. The summed E-state index contributed by atoms with van der Waals surface area (Å²) in [7, 11) is 0.